The van der Waals surface area contributed by atoms with Crippen LogP contribution in [0.5, 0.6) is 5.75 Å². The van der Waals surface area contributed by atoms with Gasteiger partial charge < -0.3 is 9.47 Å². The average molecular weight is 478 g/mol. The van der Waals surface area contributed by atoms with E-state index in [1.807, 2.05) is 31.2 Å². The normalized spacial score (nSPS) is 28.2. The molecule has 2 amide bonds. The van der Waals surface area contributed by atoms with E-state index in [9.17, 15) is 9.59 Å². The molecular weight excluding hydrogens is 454 g/mol. The van der Waals surface area contributed by atoms with Crippen LogP contribution in [0.15, 0.2) is 60.7 Å². The summed E-state index contributed by atoms with van der Waals surface area (Å²) >= 11 is 0. The number of rotatable bonds is 5. The van der Waals surface area contributed by atoms with Gasteiger partial charge in [-0.15, -0.1) is 0 Å². The molecule has 3 aliphatic heterocycles. The Balaban J connectivity index is 1.31. The van der Waals surface area contributed by atoms with Gasteiger partial charge in [-0.3, -0.25) is 9.59 Å². The zero-order valence-corrected chi connectivity index (χ0v) is 19.7. The lowest BCUT2D eigenvalue weighted by atomic mass is 9.67. The van der Waals surface area contributed by atoms with E-state index in [4.69, 9.17) is 21.3 Å². The largest absolute Gasteiger partial charge is 0.493 e. The van der Waals surface area contributed by atoms with Crippen molar-refractivity contribution in [3.8, 4) is 11.8 Å². The molecule has 0 aromatic heterocycles. The minimum atomic E-state index is -0.764. The van der Waals surface area contributed by atoms with Crippen LogP contribution in [-0.2, 0) is 14.3 Å². The Morgan fingerprint density at radius 2 is 1.78 bits per heavy atom. The van der Waals surface area contributed by atoms with E-state index >= 15 is 0 Å². The first-order valence-corrected chi connectivity index (χ1v) is 12.0. The number of imide groups is 1. The van der Waals surface area contributed by atoms with Crippen LogP contribution < -0.4 is 9.64 Å². The highest BCUT2D eigenvalue weighted by Gasteiger charge is 2.73. The molecule has 3 aromatic carbocycles. The van der Waals surface area contributed by atoms with Crippen molar-refractivity contribution < 1.29 is 19.1 Å². The average Bonchev–Trinajstić information content (AvgIpc) is 3.48. The van der Waals surface area contributed by atoms with Gasteiger partial charge in [0.05, 0.1) is 53.5 Å². The van der Waals surface area contributed by atoms with Crippen molar-refractivity contribution >= 4 is 34.0 Å². The summed E-state index contributed by atoms with van der Waals surface area (Å²) in [6.07, 6.45) is 1.87. The lowest BCUT2D eigenvalue weighted by Crippen LogP contribution is -2.43. The van der Waals surface area contributed by atoms with Crippen LogP contribution in [-0.4, -0.2) is 29.6 Å². The molecule has 3 heterocycles. The Morgan fingerprint density at radius 3 is 2.50 bits per heavy atom. The summed E-state index contributed by atoms with van der Waals surface area (Å²) < 4.78 is 12.4. The summed E-state index contributed by atoms with van der Waals surface area (Å²) in [5, 5.41) is 10.4. The SMILES string of the molecule is [C-]#[N+]c1ccc(N2C(=O)[C@@H]3[C@H](C2=O)C2(C)CCC3(CCOc3ccc(C#N)cc3)O2)c2ccccc12. The van der Waals surface area contributed by atoms with Crippen LogP contribution in [0.2, 0.25) is 0 Å². The number of benzene rings is 3. The van der Waals surface area contributed by atoms with Gasteiger partial charge >= 0.3 is 0 Å². The number of nitriles is 1. The van der Waals surface area contributed by atoms with Crippen LogP contribution in [0.25, 0.3) is 15.6 Å². The van der Waals surface area contributed by atoms with Gasteiger partial charge in [0.1, 0.15) is 5.75 Å². The molecule has 3 aliphatic rings. The molecule has 0 aliphatic carbocycles. The van der Waals surface area contributed by atoms with Crippen molar-refractivity contribution in [3.63, 3.8) is 0 Å². The summed E-state index contributed by atoms with van der Waals surface area (Å²) in [6, 6.07) is 19.7. The predicted molar refractivity (Wildman–Crippen MR) is 132 cm³/mol. The zero-order chi connectivity index (χ0) is 25.1. The van der Waals surface area contributed by atoms with E-state index in [1.54, 1.807) is 36.4 Å². The monoisotopic (exact) mass is 477 g/mol. The molecule has 36 heavy (non-hydrogen) atoms. The summed E-state index contributed by atoms with van der Waals surface area (Å²) in [5.74, 6) is -0.960. The standard InChI is InChI=1S/C29H23N3O4/c1-28-13-14-29(36-28,15-16-35-19-9-7-18(17-30)8-10-19)25-24(28)26(33)32(27(25)34)23-12-11-22(31-2)20-5-3-4-6-21(20)23/h3-12,24-25H,13-16H2,1H3/t24-,25+,28?,29?/m1/s1. The molecule has 7 heteroatoms. The van der Waals surface area contributed by atoms with E-state index in [2.05, 4.69) is 10.9 Å². The molecule has 4 atom stereocenters. The van der Waals surface area contributed by atoms with E-state index in [0.717, 1.165) is 5.39 Å². The van der Waals surface area contributed by atoms with E-state index in [-0.39, 0.29) is 11.8 Å². The predicted octanol–water partition coefficient (Wildman–Crippen LogP) is 5.16. The number of amides is 2. The molecule has 3 saturated heterocycles. The lowest BCUT2D eigenvalue weighted by Gasteiger charge is -2.31. The Hall–Kier alpha value is -4.20. The smallest absolute Gasteiger partial charge is 0.240 e. The third-order valence-corrected chi connectivity index (χ3v) is 8.03. The van der Waals surface area contributed by atoms with E-state index in [1.165, 1.54) is 4.90 Å². The van der Waals surface area contributed by atoms with Gasteiger partial charge in [0.25, 0.3) is 0 Å². The lowest BCUT2D eigenvalue weighted by molar-refractivity contribution is -0.131. The second-order valence-corrected chi connectivity index (χ2v) is 9.94. The first kappa shape index (κ1) is 22.3. The molecule has 0 spiro atoms. The molecule has 2 bridgehead atoms. The maximum Gasteiger partial charge on any atom is 0.240 e. The second kappa shape index (κ2) is 7.91. The minimum absolute atomic E-state index is 0.234. The summed E-state index contributed by atoms with van der Waals surface area (Å²) in [5.41, 5.74) is 0.100. The van der Waals surface area contributed by atoms with Crippen LogP contribution in [0, 0.1) is 29.7 Å². The van der Waals surface area contributed by atoms with Crippen LogP contribution in [0.3, 0.4) is 0 Å². The van der Waals surface area contributed by atoms with Crippen molar-refractivity contribution in [1.29, 1.82) is 5.26 Å². The van der Waals surface area contributed by atoms with E-state index in [0.29, 0.717) is 53.9 Å². The van der Waals surface area contributed by atoms with Gasteiger partial charge in [0.2, 0.25) is 11.8 Å². The molecule has 0 radical (unpaired) electrons. The summed E-state index contributed by atoms with van der Waals surface area (Å²) in [6.45, 7) is 9.75. The molecule has 3 aromatic rings. The van der Waals surface area contributed by atoms with Crippen LogP contribution in [0.1, 0.15) is 31.7 Å². The second-order valence-electron chi connectivity index (χ2n) is 9.94. The quantitative estimate of drug-likeness (QED) is 0.374. The van der Waals surface area contributed by atoms with E-state index < -0.39 is 23.0 Å². The number of carbonyl (C=O) groups is 2. The fraction of sp³-hybridized carbons (Fsp3) is 0.310. The third-order valence-electron chi connectivity index (χ3n) is 8.03. The topological polar surface area (TPSA) is 84.0 Å². The van der Waals surface area contributed by atoms with Gasteiger partial charge in [0, 0.05) is 6.42 Å². The maximum atomic E-state index is 13.9. The van der Waals surface area contributed by atoms with Gasteiger partial charge in [-0.2, -0.15) is 5.26 Å². The summed E-state index contributed by atoms with van der Waals surface area (Å²) in [7, 11) is 0. The zero-order valence-electron chi connectivity index (χ0n) is 19.7. The fourth-order valence-corrected chi connectivity index (χ4v) is 6.37. The number of hydrogen-bond acceptors (Lipinski definition) is 5. The molecule has 6 rings (SSSR count). The Bertz CT molecular complexity index is 1500. The number of carbonyl (C=O) groups excluding carboxylic acids is 2. The highest BCUT2D eigenvalue weighted by atomic mass is 16.5. The first-order chi connectivity index (χ1) is 17.4. The molecule has 2 unspecified atom stereocenters. The number of ether oxygens (including phenoxy) is 2. The summed E-state index contributed by atoms with van der Waals surface area (Å²) in [4.78, 5) is 32.7. The van der Waals surface area contributed by atoms with Crippen LogP contribution >= 0.6 is 0 Å². The Kier molecular flexibility index (Phi) is 4.90. The molecule has 3 fully saturated rings. The minimum Gasteiger partial charge on any atom is -0.493 e. The molecule has 7 nitrogen and oxygen atoms in total. The highest BCUT2D eigenvalue weighted by molar-refractivity contribution is 6.26. The van der Waals surface area contributed by atoms with Crippen LogP contribution in [0.4, 0.5) is 11.4 Å². The van der Waals surface area contributed by atoms with Gasteiger partial charge in [-0.05, 0) is 60.9 Å². The molecule has 178 valence electrons. The molecule has 0 N–H and O–H groups in total. The van der Waals surface area contributed by atoms with Crippen molar-refractivity contribution in [3.05, 3.63) is 77.6 Å². The van der Waals surface area contributed by atoms with Gasteiger partial charge in [-0.1, -0.05) is 30.3 Å². The van der Waals surface area contributed by atoms with Crippen molar-refractivity contribution in [1.82, 2.24) is 0 Å². The number of hydrogen-bond donors (Lipinski definition) is 0. The fourth-order valence-electron chi connectivity index (χ4n) is 6.37. The van der Waals surface area contributed by atoms with Gasteiger partial charge in [0.15, 0.2) is 5.69 Å². The molecular formula is C29H23N3O4. The maximum absolute atomic E-state index is 13.9. The Labute approximate surface area is 208 Å². The number of nitrogens with zero attached hydrogens (tertiary/aromatic N) is 3. The van der Waals surface area contributed by atoms with Crippen molar-refractivity contribution in [2.24, 2.45) is 11.8 Å². The number of anilines is 1. The van der Waals surface area contributed by atoms with Crippen molar-refractivity contribution in [2.45, 2.75) is 37.4 Å². The Morgan fingerprint density at radius 1 is 1.06 bits per heavy atom. The third kappa shape index (κ3) is 3.07. The molecule has 0 saturated carbocycles. The van der Waals surface area contributed by atoms with Gasteiger partial charge in [-0.25, -0.2) is 9.74 Å². The highest BCUT2D eigenvalue weighted by Crippen LogP contribution is 2.62. The number of fused-ring (bicyclic) bond motifs is 6. The first-order valence-electron chi connectivity index (χ1n) is 12.0. The van der Waals surface area contributed by atoms with Crippen molar-refractivity contribution in [2.75, 3.05) is 11.5 Å².